The largest absolute Gasteiger partial charge is 0.328 e. The SMILES string of the molecule is O=c1[nH]ccc2nc3cc4ccccc4cc3cc12. The van der Waals surface area contributed by atoms with Gasteiger partial charge < -0.3 is 4.98 Å². The average Bonchev–Trinajstić information content (AvgIpc) is 2.44. The smallest absolute Gasteiger partial charge is 0.257 e. The fraction of sp³-hybridized carbons (Fsp3) is 0. The van der Waals surface area contributed by atoms with Gasteiger partial charge in [-0.2, -0.15) is 0 Å². The third-order valence-electron chi connectivity index (χ3n) is 3.41. The van der Waals surface area contributed by atoms with E-state index in [4.69, 9.17) is 0 Å². The number of pyridine rings is 2. The summed E-state index contributed by atoms with van der Waals surface area (Å²) in [7, 11) is 0. The molecule has 90 valence electrons. The lowest BCUT2D eigenvalue weighted by Gasteiger charge is -2.03. The average molecular weight is 246 g/mol. The van der Waals surface area contributed by atoms with E-state index in [9.17, 15) is 4.79 Å². The van der Waals surface area contributed by atoms with E-state index in [2.05, 4.69) is 34.2 Å². The minimum atomic E-state index is -0.0972. The zero-order valence-electron chi connectivity index (χ0n) is 10.1. The summed E-state index contributed by atoms with van der Waals surface area (Å²) in [4.78, 5) is 19.0. The molecule has 0 aliphatic carbocycles. The number of nitrogens with zero attached hydrogens (tertiary/aromatic N) is 1. The minimum absolute atomic E-state index is 0.0972. The monoisotopic (exact) mass is 246 g/mol. The maximum atomic E-state index is 11.8. The Hall–Kier alpha value is -2.68. The van der Waals surface area contributed by atoms with E-state index in [1.165, 1.54) is 0 Å². The molecule has 0 spiro atoms. The number of aromatic amines is 1. The Morgan fingerprint density at radius 2 is 1.63 bits per heavy atom. The molecule has 3 nitrogen and oxygen atoms in total. The lowest BCUT2D eigenvalue weighted by molar-refractivity contribution is 1.27. The molecule has 0 atom stereocenters. The first-order valence-electron chi connectivity index (χ1n) is 6.12. The maximum absolute atomic E-state index is 11.8. The lowest BCUT2D eigenvalue weighted by Crippen LogP contribution is -2.05. The highest BCUT2D eigenvalue weighted by Gasteiger charge is 2.04. The van der Waals surface area contributed by atoms with E-state index >= 15 is 0 Å². The van der Waals surface area contributed by atoms with Crippen molar-refractivity contribution in [3.63, 3.8) is 0 Å². The second kappa shape index (κ2) is 3.65. The van der Waals surface area contributed by atoms with E-state index in [-0.39, 0.29) is 5.56 Å². The molecule has 2 aromatic carbocycles. The standard InChI is InChI=1S/C16H10N2O/c19-16-13-8-12-7-10-3-1-2-4-11(10)9-15(12)18-14(13)5-6-17-16/h1-9H,(H,17,19). The fourth-order valence-electron chi connectivity index (χ4n) is 2.46. The molecule has 4 rings (SSSR count). The number of fused-ring (bicyclic) bond motifs is 3. The van der Waals surface area contributed by atoms with E-state index in [1.54, 1.807) is 6.20 Å². The molecule has 2 heterocycles. The van der Waals surface area contributed by atoms with Crippen molar-refractivity contribution < 1.29 is 0 Å². The Morgan fingerprint density at radius 3 is 2.47 bits per heavy atom. The molecule has 0 saturated carbocycles. The molecule has 4 aromatic rings. The van der Waals surface area contributed by atoms with Gasteiger partial charge in [0.25, 0.3) is 5.56 Å². The van der Waals surface area contributed by atoms with Crippen molar-refractivity contribution in [3.05, 3.63) is 65.1 Å². The van der Waals surface area contributed by atoms with Gasteiger partial charge in [0.2, 0.25) is 0 Å². The predicted octanol–water partition coefficient (Wildman–Crippen LogP) is 3.23. The third kappa shape index (κ3) is 1.52. The fourth-order valence-corrected chi connectivity index (χ4v) is 2.46. The van der Waals surface area contributed by atoms with Crippen molar-refractivity contribution >= 4 is 32.6 Å². The van der Waals surface area contributed by atoms with Crippen molar-refractivity contribution in [3.8, 4) is 0 Å². The van der Waals surface area contributed by atoms with Gasteiger partial charge in [0.05, 0.1) is 16.4 Å². The van der Waals surface area contributed by atoms with Gasteiger partial charge in [0.1, 0.15) is 0 Å². The molecule has 1 N–H and O–H groups in total. The van der Waals surface area contributed by atoms with Crippen LogP contribution < -0.4 is 5.56 Å². The first-order chi connectivity index (χ1) is 9.31. The van der Waals surface area contributed by atoms with Crippen LogP contribution in [-0.4, -0.2) is 9.97 Å². The minimum Gasteiger partial charge on any atom is -0.328 e. The second-order valence-electron chi connectivity index (χ2n) is 4.62. The van der Waals surface area contributed by atoms with E-state index < -0.39 is 0 Å². The van der Waals surface area contributed by atoms with Crippen molar-refractivity contribution in [1.29, 1.82) is 0 Å². The number of rotatable bonds is 0. The molecule has 0 amide bonds. The summed E-state index contributed by atoms with van der Waals surface area (Å²) < 4.78 is 0. The van der Waals surface area contributed by atoms with Crippen LogP contribution in [-0.2, 0) is 0 Å². The zero-order valence-corrected chi connectivity index (χ0v) is 10.1. The Kier molecular flexibility index (Phi) is 1.97. The number of aromatic nitrogens is 2. The van der Waals surface area contributed by atoms with E-state index in [1.807, 2.05) is 24.3 Å². The Bertz CT molecular complexity index is 986. The predicted molar refractivity (Wildman–Crippen MR) is 77.4 cm³/mol. The molecule has 3 heteroatoms. The summed E-state index contributed by atoms with van der Waals surface area (Å²) in [6, 6.07) is 16.0. The number of hydrogen-bond acceptors (Lipinski definition) is 2. The molecule has 0 fully saturated rings. The first kappa shape index (κ1) is 10.3. The van der Waals surface area contributed by atoms with E-state index in [0.29, 0.717) is 5.39 Å². The van der Waals surface area contributed by atoms with Crippen LogP contribution in [0.3, 0.4) is 0 Å². The van der Waals surface area contributed by atoms with Crippen LogP contribution >= 0.6 is 0 Å². The van der Waals surface area contributed by atoms with Crippen molar-refractivity contribution in [2.75, 3.05) is 0 Å². The Balaban J connectivity index is 2.23. The van der Waals surface area contributed by atoms with Crippen LogP contribution in [0.1, 0.15) is 0 Å². The molecular formula is C16H10N2O. The van der Waals surface area contributed by atoms with Crippen LogP contribution in [0.2, 0.25) is 0 Å². The highest BCUT2D eigenvalue weighted by molar-refractivity contribution is 6.00. The summed E-state index contributed by atoms with van der Waals surface area (Å²) in [5.74, 6) is 0. The summed E-state index contributed by atoms with van der Waals surface area (Å²) in [6.07, 6.45) is 1.63. The van der Waals surface area contributed by atoms with E-state index in [0.717, 1.165) is 27.2 Å². The molecular weight excluding hydrogens is 236 g/mol. The van der Waals surface area contributed by atoms with Crippen LogP contribution in [0.4, 0.5) is 0 Å². The van der Waals surface area contributed by atoms with Gasteiger partial charge in [0, 0.05) is 11.6 Å². The number of hydrogen-bond donors (Lipinski definition) is 1. The lowest BCUT2D eigenvalue weighted by atomic mass is 10.1. The highest BCUT2D eigenvalue weighted by atomic mass is 16.1. The Morgan fingerprint density at radius 1 is 0.842 bits per heavy atom. The summed E-state index contributed by atoms with van der Waals surface area (Å²) in [5.41, 5.74) is 1.54. The molecule has 0 unspecified atom stereocenters. The molecule has 19 heavy (non-hydrogen) atoms. The molecule has 0 saturated heterocycles. The van der Waals surface area contributed by atoms with Crippen molar-refractivity contribution in [2.45, 2.75) is 0 Å². The second-order valence-corrected chi connectivity index (χ2v) is 4.62. The van der Waals surface area contributed by atoms with Gasteiger partial charge in [-0.05, 0) is 35.0 Å². The molecule has 0 bridgehead atoms. The van der Waals surface area contributed by atoms with Gasteiger partial charge in [-0.3, -0.25) is 4.79 Å². The maximum Gasteiger partial charge on any atom is 0.257 e. The summed E-state index contributed by atoms with van der Waals surface area (Å²) in [5, 5.41) is 3.93. The summed E-state index contributed by atoms with van der Waals surface area (Å²) in [6.45, 7) is 0. The van der Waals surface area contributed by atoms with Crippen LogP contribution in [0.15, 0.2) is 59.5 Å². The number of H-pyrrole nitrogens is 1. The van der Waals surface area contributed by atoms with Gasteiger partial charge in [0.15, 0.2) is 0 Å². The Labute approximate surface area is 108 Å². The van der Waals surface area contributed by atoms with Gasteiger partial charge in [-0.15, -0.1) is 0 Å². The van der Waals surface area contributed by atoms with Crippen molar-refractivity contribution in [1.82, 2.24) is 9.97 Å². The molecule has 0 aliphatic heterocycles. The molecule has 0 radical (unpaired) electrons. The summed E-state index contributed by atoms with van der Waals surface area (Å²) >= 11 is 0. The molecule has 2 aromatic heterocycles. The van der Waals surface area contributed by atoms with Crippen LogP contribution in [0, 0.1) is 0 Å². The van der Waals surface area contributed by atoms with Gasteiger partial charge in [-0.1, -0.05) is 24.3 Å². The van der Waals surface area contributed by atoms with Gasteiger partial charge in [-0.25, -0.2) is 4.98 Å². The van der Waals surface area contributed by atoms with Crippen LogP contribution in [0.5, 0.6) is 0 Å². The number of benzene rings is 2. The number of nitrogens with one attached hydrogen (secondary N) is 1. The first-order valence-corrected chi connectivity index (χ1v) is 6.12. The van der Waals surface area contributed by atoms with Crippen LogP contribution in [0.25, 0.3) is 32.6 Å². The topological polar surface area (TPSA) is 45.8 Å². The van der Waals surface area contributed by atoms with Crippen molar-refractivity contribution in [2.24, 2.45) is 0 Å². The zero-order chi connectivity index (χ0) is 12.8. The van der Waals surface area contributed by atoms with Gasteiger partial charge >= 0.3 is 0 Å². The highest BCUT2D eigenvalue weighted by Crippen LogP contribution is 2.23. The quantitative estimate of drug-likeness (QED) is 0.484. The normalized spacial score (nSPS) is 11.4. The third-order valence-corrected chi connectivity index (χ3v) is 3.41. The molecule has 0 aliphatic rings.